The number of para-hydroxylation sites is 2. The molecule has 28 heavy (non-hydrogen) atoms. The van der Waals surface area contributed by atoms with Crippen LogP contribution in [0.1, 0.15) is 37.7 Å². The molecule has 1 atom stereocenters. The van der Waals surface area contributed by atoms with E-state index >= 15 is 0 Å². The van der Waals surface area contributed by atoms with E-state index < -0.39 is 0 Å². The highest BCUT2D eigenvalue weighted by molar-refractivity contribution is 5.77. The number of carbonyl (C=O) groups is 1. The molecule has 1 unspecified atom stereocenters. The van der Waals surface area contributed by atoms with Crippen LogP contribution in [0.15, 0.2) is 42.5 Å². The number of benzene rings is 2. The Balaban J connectivity index is 1.42. The number of rotatable bonds is 6. The minimum atomic E-state index is -0.0843. The van der Waals surface area contributed by atoms with Crippen molar-refractivity contribution in [2.45, 2.75) is 32.7 Å². The van der Waals surface area contributed by atoms with Crippen LogP contribution < -0.4 is 14.8 Å². The Hall–Kier alpha value is -3.02. The average Bonchev–Trinajstić information content (AvgIpc) is 3.13. The Bertz CT molecular complexity index is 947. The lowest BCUT2D eigenvalue weighted by atomic mass is 9.95. The van der Waals surface area contributed by atoms with Crippen LogP contribution in [0.2, 0.25) is 0 Å². The highest BCUT2D eigenvalue weighted by Crippen LogP contribution is 2.34. The van der Waals surface area contributed by atoms with Gasteiger partial charge in [-0.15, -0.1) is 0 Å². The van der Waals surface area contributed by atoms with E-state index in [1.807, 2.05) is 42.5 Å². The van der Waals surface area contributed by atoms with E-state index in [0.717, 1.165) is 33.9 Å². The molecular formula is C22H25N3O3. The van der Waals surface area contributed by atoms with E-state index in [4.69, 9.17) is 9.47 Å². The minimum Gasteiger partial charge on any atom is -0.486 e. The number of aryl methyl sites for hydroxylation is 1. The number of nitrogens with one attached hydrogen (secondary N) is 2. The monoisotopic (exact) mass is 379 g/mol. The summed E-state index contributed by atoms with van der Waals surface area (Å²) in [5.41, 5.74) is 2.94. The first-order valence-electron chi connectivity index (χ1n) is 9.72. The number of aromatic nitrogens is 2. The number of hydrogen-bond acceptors (Lipinski definition) is 4. The number of imidazole rings is 1. The second-order valence-corrected chi connectivity index (χ2v) is 7.39. The van der Waals surface area contributed by atoms with Crippen molar-refractivity contribution in [3.63, 3.8) is 0 Å². The van der Waals surface area contributed by atoms with Gasteiger partial charge in [-0.05, 0) is 35.7 Å². The van der Waals surface area contributed by atoms with Crippen molar-refractivity contribution in [2.75, 3.05) is 13.2 Å². The molecule has 6 heteroatoms. The van der Waals surface area contributed by atoms with Crippen LogP contribution in [0.4, 0.5) is 0 Å². The van der Waals surface area contributed by atoms with Gasteiger partial charge in [-0.25, -0.2) is 4.98 Å². The van der Waals surface area contributed by atoms with Gasteiger partial charge < -0.3 is 19.8 Å². The van der Waals surface area contributed by atoms with Gasteiger partial charge in [-0.3, -0.25) is 4.79 Å². The van der Waals surface area contributed by atoms with Crippen molar-refractivity contribution in [1.29, 1.82) is 0 Å². The summed E-state index contributed by atoms with van der Waals surface area (Å²) in [6.45, 7) is 5.31. The number of hydrogen-bond donors (Lipinski definition) is 2. The summed E-state index contributed by atoms with van der Waals surface area (Å²) in [5, 5.41) is 3.17. The molecule has 0 saturated carbocycles. The largest absolute Gasteiger partial charge is 0.486 e. The number of carbonyl (C=O) groups excluding carboxylic acids is 1. The van der Waals surface area contributed by atoms with Crippen LogP contribution in [-0.2, 0) is 11.2 Å². The minimum absolute atomic E-state index is 0.00838. The van der Waals surface area contributed by atoms with Crippen LogP contribution >= 0.6 is 0 Å². The number of fused-ring (bicyclic) bond motifs is 2. The van der Waals surface area contributed by atoms with Crippen molar-refractivity contribution >= 4 is 16.9 Å². The van der Waals surface area contributed by atoms with Crippen molar-refractivity contribution in [3.8, 4) is 11.5 Å². The second-order valence-electron chi connectivity index (χ2n) is 7.39. The third kappa shape index (κ3) is 3.96. The zero-order valence-corrected chi connectivity index (χ0v) is 16.2. The third-order valence-corrected chi connectivity index (χ3v) is 4.94. The Labute approximate surface area is 164 Å². The summed E-state index contributed by atoms with van der Waals surface area (Å²) in [5.74, 6) is 2.59. The molecule has 1 aliphatic rings. The fourth-order valence-corrected chi connectivity index (χ4v) is 3.49. The van der Waals surface area contributed by atoms with Crippen molar-refractivity contribution < 1.29 is 14.3 Å². The van der Waals surface area contributed by atoms with E-state index in [1.165, 1.54) is 0 Å². The molecule has 3 aromatic rings. The average molecular weight is 379 g/mol. The number of nitrogens with zero attached hydrogens (tertiary/aromatic N) is 1. The molecule has 0 saturated heterocycles. The first-order chi connectivity index (χ1) is 13.6. The van der Waals surface area contributed by atoms with E-state index in [1.54, 1.807) is 0 Å². The summed E-state index contributed by atoms with van der Waals surface area (Å²) in [7, 11) is 0. The summed E-state index contributed by atoms with van der Waals surface area (Å²) in [6, 6.07) is 13.7. The van der Waals surface area contributed by atoms with Gasteiger partial charge in [0.05, 0.1) is 17.1 Å². The lowest BCUT2D eigenvalue weighted by Gasteiger charge is -2.25. The SMILES string of the molecule is CC(C)C(NC(=O)CCc1nc2ccccc2[nH]1)c1ccc2c(c1)OCCO2. The molecule has 1 aromatic heterocycles. The molecule has 4 rings (SSSR count). The second kappa shape index (κ2) is 7.92. The standard InChI is InChI=1S/C22H25N3O3/c1-14(2)22(15-7-8-18-19(13-15)28-12-11-27-18)25-21(26)10-9-20-23-16-5-3-4-6-17(16)24-20/h3-8,13-14,22H,9-12H2,1-2H3,(H,23,24)(H,25,26). The topological polar surface area (TPSA) is 76.2 Å². The summed E-state index contributed by atoms with van der Waals surface area (Å²) >= 11 is 0. The van der Waals surface area contributed by atoms with Crippen LogP contribution in [0, 0.1) is 5.92 Å². The maximum atomic E-state index is 12.6. The molecule has 1 amide bonds. The third-order valence-electron chi connectivity index (χ3n) is 4.94. The zero-order valence-electron chi connectivity index (χ0n) is 16.2. The Morgan fingerprint density at radius 2 is 1.93 bits per heavy atom. The predicted octanol–water partition coefficient (Wildman–Crippen LogP) is 3.78. The van der Waals surface area contributed by atoms with E-state index in [2.05, 4.69) is 29.1 Å². The molecule has 2 aromatic carbocycles. The molecule has 0 fully saturated rings. The Morgan fingerprint density at radius 3 is 2.71 bits per heavy atom. The van der Waals surface area contributed by atoms with Gasteiger partial charge in [0.25, 0.3) is 0 Å². The van der Waals surface area contributed by atoms with E-state index in [0.29, 0.717) is 26.1 Å². The van der Waals surface area contributed by atoms with E-state index in [-0.39, 0.29) is 17.9 Å². The smallest absolute Gasteiger partial charge is 0.220 e. The van der Waals surface area contributed by atoms with Gasteiger partial charge >= 0.3 is 0 Å². The van der Waals surface area contributed by atoms with Gasteiger partial charge in [0.15, 0.2) is 11.5 Å². The number of amides is 1. The molecule has 2 N–H and O–H groups in total. The molecule has 0 radical (unpaired) electrons. The quantitative estimate of drug-likeness (QED) is 0.683. The van der Waals surface area contributed by atoms with E-state index in [9.17, 15) is 4.79 Å². The summed E-state index contributed by atoms with van der Waals surface area (Å²) in [6.07, 6.45) is 0.958. The van der Waals surface area contributed by atoms with Gasteiger partial charge in [-0.2, -0.15) is 0 Å². The molecule has 6 nitrogen and oxygen atoms in total. The predicted molar refractivity (Wildman–Crippen MR) is 108 cm³/mol. The maximum absolute atomic E-state index is 12.6. The molecule has 0 spiro atoms. The van der Waals surface area contributed by atoms with Gasteiger partial charge in [0.2, 0.25) is 5.91 Å². The summed E-state index contributed by atoms with van der Waals surface area (Å²) in [4.78, 5) is 20.4. The number of aromatic amines is 1. The van der Waals surface area contributed by atoms with Crippen LogP contribution in [0.25, 0.3) is 11.0 Å². The van der Waals surface area contributed by atoms with Crippen molar-refractivity contribution in [3.05, 3.63) is 53.9 Å². The van der Waals surface area contributed by atoms with Crippen molar-refractivity contribution in [1.82, 2.24) is 15.3 Å². The number of ether oxygens (including phenoxy) is 2. The normalized spacial score (nSPS) is 14.2. The Kier molecular flexibility index (Phi) is 5.19. The van der Waals surface area contributed by atoms with Crippen LogP contribution in [0.3, 0.4) is 0 Å². The van der Waals surface area contributed by atoms with Gasteiger partial charge in [-0.1, -0.05) is 32.0 Å². The first kappa shape index (κ1) is 18.3. The molecule has 1 aliphatic heterocycles. The molecule has 0 aliphatic carbocycles. The zero-order chi connectivity index (χ0) is 19.5. The first-order valence-corrected chi connectivity index (χ1v) is 9.72. The highest BCUT2D eigenvalue weighted by atomic mass is 16.6. The Morgan fingerprint density at radius 1 is 1.14 bits per heavy atom. The fourth-order valence-electron chi connectivity index (χ4n) is 3.49. The fraction of sp³-hybridized carbons (Fsp3) is 0.364. The van der Waals surface area contributed by atoms with Gasteiger partial charge in [0, 0.05) is 12.8 Å². The molecule has 0 bridgehead atoms. The van der Waals surface area contributed by atoms with Crippen LogP contribution in [-0.4, -0.2) is 29.1 Å². The lowest BCUT2D eigenvalue weighted by Crippen LogP contribution is -2.32. The lowest BCUT2D eigenvalue weighted by molar-refractivity contribution is -0.122. The molecule has 2 heterocycles. The number of H-pyrrole nitrogens is 1. The highest BCUT2D eigenvalue weighted by Gasteiger charge is 2.21. The van der Waals surface area contributed by atoms with Gasteiger partial charge in [0.1, 0.15) is 19.0 Å². The maximum Gasteiger partial charge on any atom is 0.220 e. The molecular weight excluding hydrogens is 354 g/mol. The summed E-state index contributed by atoms with van der Waals surface area (Å²) < 4.78 is 11.3. The molecule has 146 valence electrons. The van der Waals surface area contributed by atoms with Crippen LogP contribution in [0.5, 0.6) is 11.5 Å². The van der Waals surface area contributed by atoms with Crippen molar-refractivity contribution in [2.24, 2.45) is 5.92 Å².